The number of hydrogen-bond acceptors (Lipinski definition) is 4. The lowest BCUT2D eigenvalue weighted by molar-refractivity contribution is -0.385. The predicted molar refractivity (Wildman–Crippen MR) is 87.6 cm³/mol. The van der Waals surface area contributed by atoms with Crippen LogP contribution in [0.4, 0.5) is 11.4 Å². The molecule has 0 aliphatic heterocycles. The summed E-state index contributed by atoms with van der Waals surface area (Å²) in [5, 5.41) is 14.1. The summed E-state index contributed by atoms with van der Waals surface area (Å²) in [6.07, 6.45) is 4.89. The van der Waals surface area contributed by atoms with E-state index in [1.54, 1.807) is 44.5 Å². The number of benzene rings is 1. The topological polar surface area (TPSA) is 75.5 Å². The minimum Gasteiger partial charge on any atom is -0.356 e. The maximum absolute atomic E-state index is 11.8. The van der Waals surface area contributed by atoms with Gasteiger partial charge in [-0.3, -0.25) is 14.9 Å². The van der Waals surface area contributed by atoms with Crippen LogP contribution in [-0.4, -0.2) is 29.8 Å². The van der Waals surface area contributed by atoms with Crippen LogP contribution >= 0.6 is 0 Å². The molecule has 0 atom stereocenters. The van der Waals surface area contributed by atoms with Gasteiger partial charge in [-0.05, 0) is 24.3 Å². The first-order valence-electron chi connectivity index (χ1n) is 6.58. The van der Waals surface area contributed by atoms with Crippen molar-refractivity contribution in [2.24, 2.45) is 0 Å². The molecule has 0 aromatic heterocycles. The molecule has 0 saturated heterocycles. The lowest BCUT2D eigenvalue weighted by atomic mass is 10.1. The maximum atomic E-state index is 11.8. The maximum Gasteiger partial charge on any atom is 0.273 e. The van der Waals surface area contributed by atoms with E-state index in [0.717, 1.165) is 0 Å². The second-order valence-corrected chi connectivity index (χ2v) is 4.75. The van der Waals surface area contributed by atoms with Gasteiger partial charge >= 0.3 is 0 Å². The van der Waals surface area contributed by atoms with Crippen LogP contribution in [0.25, 0.3) is 0 Å². The highest BCUT2D eigenvalue weighted by molar-refractivity contribution is 5.80. The molecule has 0 spiro atoms. The standard InChI is InChI=1S/C16H19N3O3/c1-5-7-13(6-2)17-14-8-9-15(19(21)22)12(10-14)11-16(20)18(3)4/h5-10,17H,1-2,11H2,3-4H3/b13-7+. The van der Waals surface area contributed by atoms with Crippen molar-refractivity contribution in [1.82, 2.24) is 4.90 Å². The van der Waals surface area contributed by atoms with Gasteiger partial charge in [-0.2, -0.15) is 0 Å². The quantitative estimate of drug-likeness (QED) is 0.477. The average molecular weight is 301 g/mol. The second-order valence-electron chi connectivity index (χ2n) is 4.75. The zero-order chi connectivity index (χ0) is 16.7. The molecular weight excluding hydrogens is 282 g/mol. The Bertz CT molecular complexity index is 634. The molecular formula is C16H19N3O3. The molecule has 0 bridgehead atoms. The molecule has 0 fully saturated rings. The van der Waals surface area contributed by atoms with Gasteiger partial charge in [0.1, 0.15) is 0 Å². The Kier molecular flexibility index (Phi) is 6.07. The molecule has 6 nitrogen and oxygen atoms in total. The van der Waals surface area contributed by atoms with Crippen molar-refractivity contribution in [3.8, 4) is 0 Å². The number of rotatable bonds is 7. The summed E-state index contributed by atoms with van der Waals surface area (Å²) in [4.78, 5) is 23.8. The lowest BCUT2D eigenvalue weighted by Gasteiger charge is -2.12. The van der Waals surface area contributed by atoms with Gasteiger partial charge in [0.05, 0.1) is 11.3 Å². The number of likely N-dealkylation sites (N-methyl/N-ethyl adjacent to an activating group) is 1. The van der Waals surface area contributed by atoms with Crippen molar-refractivity contribution in [1.29, 1.82) is 0 Å². The summed E-state index contributed by atoms with van der Waals surface area (Å²) in [6.45, 7) is 7.27. The van der Waals surface area contributed by atoms with E-state index in [4.69, 9.17) is 0 Å². The van der Waals surface area contributed by atoms with Gasteiger partial charge in [-0.25, -0.2) is 0 Å². The van der Waals surface area contributed by atoms with Gasteiger partial charge in [0.25, 0.3) is 5.69 Å². The number of anilines is 1. The van der Waals surface area contributed by atoms with Crippen LogP contribution in [0.3, 0.4) is 0 Å². The number of nitrogens with one attached hydrogen (secondary N) is 1. The molecule has 6 heteroatoms. The summed E-state index contributed by atoms with van der Waals surface area (Å²) in [6, 6.07) is 4.57. The first-order valence-corrected chi connectivity index (χ1v) is 6.58. The van der Waals surface area contributed by atoms with Crippen LogP contribution in [0, 0.1) is 10.1 Å². The summed E-state index contributed by atoms with van der Waals surface area (Å²) >= 11 is 0. The number of nitrogens with zero attached hydrogens (tertiary/aromatic N) is 2. The molecule has 0 radical (unpaired) electrons. The molecule has 1 N–H and O–H groups in total. The van der Waals surface area contributed by atoms with E-state index < -0.39 is 4.92 Å². The fourth-order valence-corrected chi connectivity index (χ4v) is 1.76. The van der Waals surface area contributed by atoms with Crippen molar-refractivity contribution in [3.05, 3.63) is 71.0 Å². The lowest BCUT2D eigenvalue weighted by Crippen LogP contribution is -2.23. The third-order valence-electron chi connectivity index (χ3n) is 2.92. The second kappa shape index (κ2) is 7.78. The zero-order valence-electron chi connectivity index (χ0n) is 12.7. The SMILES string of the molecule is C=C/C=C(\C=C)Nc1ccc([N+](=O)[O-])c(CC(=O)N(C)C)c1. The zero-order valence-corrected chi connectivity index (χ0v) is 12.7. The normalized spacial score (nSPS) is 10.7. The highest BCUT2D eigenvalue weighted by Crippen LogP contribution is 2.24. The average Bonchev–Trinajstić information content (AvgIpc) is 2.46. The summed E-state index contributed by atoms with van der Waals surface area (Å²) < 4.78 is 0. The Morgan fingerprint density at radius 1 is 1.41 bits per heavy atom. The minimum atomic E-state index is -0.490. The third-order valence-corrected chi connectivity index (χ3v) is 2.92. The number of nitro groups is 1. The van der Waals surface area contributed by atoms with Gasteiger partial charge in [-0.1, -0.05) is 19.2 Å². The molecule has 116 valence electrons. The number of nitro benzene ring substituents is 1. The van der Waals surface area contributed by atoms with Crippen molar-refractivity contribution >= 4 is 17.3 Å². The van der Waals surface area contributed by atoms with Gasteiger partial charge in [0, 0.05) is 37.1 Å². The van der Waals surface area contributed by atoms with E-state index in [1.165, 1.54) is 11.0 Å². The highest BCUT2D eigenvalue weighted by Gasteiger charge is 2.18. The van der Waals surface area contributed by atoms with E-state index in [-0.39, 0.29) is 18.0 Å². The predicted octanol–water partition coefficient (Wildman–Crippen LogP) is 2.89. The van der Waals surface area contributed by atoms with Crippen LogP contribution in [0.2, 0.25) is 0 Å². The third kappa shape index (κ3) is 4.59. The van der Waals surface area contributed by atoms with Gasteiger partial charge in [0.15, 0.2) is 0 Å². The molecule has 0 aliphatic carbocycles. The Morgan fingerprint density at radius 3 is 2.59 bits per heavy atom. The van der Waals surface area contributed by atoms with Crippen molar-refractivity contribution in [2.75, 3.05) is 19.4 Å². The molecule has 0 aliphatic rings. The van der Waals surface area contributed by atoms with Gasteiger partial charge in [0.2, 0.25) is 5.91 Å². The minimum absolute atomic E-state index is 0.0343. The number of allylic oxidation sites excluding steroid dienone is 3. The first-order chi connectivity index (χ1) is 10.4. The van der Waals surface area contributed by atoms with Crippen LogP contribution in [0.5, 0.6) is 0 Å². The molecule has 0 unspecified atom stereocenters. The largest absolute Gasteiger partial charge is 0.356 e. The molecule has 1 aromatic rings. The molecule has 0 saturated carbocycles. The Morgan fingerprint density at radius 2 is 2.09 bits per heavy atom. The fraction of sp³-hybridized carbons (Fsp3) is 0.188. The Hall–Kier alpha value is -2.89. The van der Waals surface area contributed by atoms with Crippen molar-refractivity contribution < 1.29 is 9.72 Å². The fourth-order valence-electron chi connectivity index (χ4n) is 1.76. The summed E-state index contributed by atoms with van der Waals surface area (Å²) in [5.41, 5.74) is 1.62. The molecule has 1 amide bonds. The first kappa shape index (κ1) is 17.2. The van der Waals surface area contributed by atoms with E-state index in [1.807, 2.05) is 0 Å². The van der Waals surface area contributed by atoms with E-state index in [0.29, 0.717) is 16.9 Å². The molecule has 22 heavy (non-hydrogen) atoms. The Balaban J connectivity index is 3.16. The monoisotopic (exact) mass is 301 g/mol. The summed E-state index contributed by atoms with van der Waals surface area (Å²) in [7, 11) is 3.22. The number of carbonyl (C=O) groups excluding carboxylic acids is 1. The Labute approximate surface area is 129 Å². The van der Waals surface area contributed by atoms with E-state index in [9.17, 15) is 14.9 Å². The number of amides is 1. The smallest absolute Gasteiger partial charge is 0.273 e. The highest BCUT2D eigenvalue weighted by atomic mass is 16.6. The molecule has 1 aromatic carbocycles. The molecule has 1 rings (SSSR count). The van der Waals surface area contributed by atoms with Crippen LogP contribution in [0.1, 0.15) is 5.56 Å². The number of hydrogen-bond donors (Lipinski definition) is 1. The molecule has 0 heterocycles. The van der Waals surface area contributed by atoms with Crippen LogP contribution in [-0.2, 0) is 11.2 Å². The van der Waals surface area contributed by atoms with Crippen LogP contribution in [0.15, 0.2) is 55.3 Å². The van der Waals surface area contributed by atoms with Crippen molar-refractivity contribution in [2.45, 2.75) is 6.42 Å². The van der Waals surface area contributed by atoms with Gasteiger partial charge in [-0.15, -0.1) is 0 Å². The van der Waals surface area contributed by atoms with Gasteiger partial charge < -0.3 is 10.2 Å². The van der Waals surface area contributed by atoms with Crippen molar-refractivity contribution in [3.63, 3.8) is 0 Å². The number of carbonyl (C=O) groups is 1. The van der Waals surface area contributed by atoms with E-state index >= 15 is 0 Å². The van der Waals surface area contributed by atoms with E-state index in [2.05, 4.69) is 18.5 Å². The summed E-state index contributed by atoms with van der Waals surface area (Å²) in [5.74, 6) is -0.203. The van der Waals surface area contributed by atoms with Crippen LogP contribution < -0.4 is 5.32 Å².